The number of amides is 1. The van der Waals surface area contributed by atoms with Gasteiger partial charge in [-0.25, -0.2) is 0 Å². The second-order valence-corrected chi connectivity index (χ2v) is 4.18. The lowest BCUT2D eigenvalue weighted by Gasteiger charge is -2.07. The number of nitrogens with zero attached hydrogens (tertiary/aromatic N) is 1. The van der Waals surface area contributed by atoms with Gasteiger partial charge < -0.3 is 20.4 Å². The average Bonchev–Trinajstić information content (AvgIpc) is 2.86. The van der Waals surface area contributed by atoms with Crippen LogP contribution in [-0.4, -0.2) is 17.6 Å². The van der Waals surface area contributed by atoms with E-state index >= 15 is 0 Å². The van der Waals surface area contributed by atoms with Gasteiger partial charge in [0.1, 0.15) is 12.3 Å². The van der Waals surface area contributed by atoms with E-state index in [0.29, 0.717) is 12.3 Å². The minimum absolute atomic E-state index is 0.0903. The molecule has 0 aliphatic heterocycles. The Hall–Kier alpha value is -2.27. The zero-order valence-electron chi connectivity index (χ0n) is 10.8. The molecular weight excluding hydrogens is 242 g/mol. The van der Waals surface area contributed by atoms with E-state index in [9.17, 15) is 4.79 Å². The summed E-state index contributed by atoms with van der Waals surface area (Å²) in [5.41, 5.74) is 7.25. The Morgan fingerprint density at radius 2 is 2.26 bits per heavy atom. The Morgan fingerprint density at radius 1 is 1.42 bits per heavy atom. The Bertz CT molecular complexity index is 563. The molecule has 1 amide bonds. The quantitative estimate of drug-likeness (QED) is 0.856. The number of rotatable bonds is 5. The fourth-order valence-electron chi connectivity index (χ4n) is 1.78. The van der Waals surface area contributed by atoms with Crippen molar-refractivity contribution >= 4 is 11.6 Å². The highest BCUT2D eigenvalue weighted by Gasteiger charge is 2.04. The fourth-order valence-corrected chi connectivity index (χ4v) is 1.78. The van der Waals surface area contributed by atoms with Gasteiger partial charge in [-0.1, -0.05) is 6.07 Å². The van der Waals surface area contributed by atoms with Gasteiger partial charge in [0, 0.05) is 30.7 Å². The third-order valence-corrected chi connectivity index (χ3v) is 2.73. The molecule has 0 saturated carbocycles. The molecule has 0 atom stereocenters. The predicted octanol–water partition coefficient (Wildman–Crippen LogP) is 1.59. The van der Waals surface area contributed by atoms with Gasteiger partial charge in [0.2, 0.25) is 5.91 Å². The summed E-state index contributed by atoms with van der Waals surface area (Å²) in [6, 6.07) is 9.16. The molecule has 0 saturated heterocycles. The molecule has 2 aromatic rings. The first-order chi connectivity index (χ1) is 9.21. The molecule has 0 aliphatic carbocycles. The molecule has 0 spiro atoms. The van der Waals surface area contributed by atoms with Crippen LogP contribution in [0.1, 0.15) is 5.56 Å². The van der Waals surface area contributed by atoms with Crippen LogP contribution in [0.5, 0.6) is 5.75 Å². The maximum absolute atomic E-state index is 11.9. The minimum Gasteiger partial charge on any atom is -0.497 e. The number of anilines is 1. The normalized spacial score (nSPS) is 10.2. The molecule has 0 fully saturated rings. The van der Waals surface area contributed by atoms with Crippen molar-refractivity contribution < 1.29 is 9.53 Å². The Labute approximate surface area is 112 Å². The number of benzene rings is 1. The van der Waals surface area contributed by atoms with E-state index in [2.05, 4.69) is 5.32 Å². The topological polar surface area (TPSA) is 69.3 Å². The summed E-state index contributed by atoms with van der Waals surface area (Å²) < 4.78 is 6.91. The lowest BCUT2D eigenvalue weighted by Crippen LogP contribution is -2.17. The van der Waals surface area contributed by atoms with E-state index in [1.54, 1.807) is 17.7 Å². The number of hydrogen-bond donors (Lipinski definition) is 2. The third-order valence-electron chi connectivity index (χ3n) is 2.73. The van der Waals surface area contributed by atoms with Crippen molar-refractivity contribution in [3.05, 3.63) is 48.3 Å². The first kappa shape index (κ1) is 13.2. The zero-order valence-corrected chi connectivity index (χ0v) is 10.8. The smallest absolute Gasteiger partial charge is 0.244 e. The Kier molecular flexibility index (Phi) is 4.20. The molecule has 5 heteroatoms. The standard InChI is InChI=1S/C14H17N3O2/c1-19-13-4-2-3-12(7-13)16-14(18)10-17-6-5-11(8-15)9-17/h2-7,9H,8,10,15H2,1H3,(H,16,18). The van der Waals surface area contributed by atoms with E-state index in [-0.39, 0.29) is 12.5 Å². The van der Waals surface area contributed by atoms with Crippen LogP contribution in [0.15, 0.2) is 42.7 Å². The summed E-state index contributed by atoms with van der Waals surface area (Å²) in [7, 11) is 1.59. The Balaban J connectivity index is 1.96. The first-order valence-electron chi connectivity index (χ1n) is 6.00. The maximum atomic E-state index is 11.9. The highest BCUT2D eigenvalue weighted by Crippen LogP contribution is 2.16. The molecule has 0 aliphatic rings. The number of ether oxygens (including phenoxy) is 1. The molecule has 1 aromatic heterocycles. The van der Waals surface area contributed by atoms with Gasteiger partial charge in [0.15, 0.2) is 0 Å². The summed E-state index contributed by atoms with van der Waals surface area (Å²) in [6.45, 7) is 0.738. The van der Waals surface area contributed by atoms with E-state index in [1.807, 2.05) is 36.7 Å². The second-order valence-electron chi connectivity index (χ2n) is 4.18. The van der Waals surface area contributed by atoms with Crippen LogP contribution in [0.3, 0.4) is 0 Å². The van der Waals surface area contributed by atoms with Crippen molar-refractivity contribution in [3.63, 3.8) is 0 Å². The van der Waals surface area contributed by atoms with Crippen LogP contribution in [0.2, 0.25) is 0 Å². The van der Waals surface area contributed by atoms with Gasteiger partial charge >= 0.3 is 0 Å². The summed E-state index contributed by atoms with van der Waals surface area (Å²) in [4.78, 5) is 11.9. The van der Waals surface area contributed by atoms with E-state index < -0.39 is 0 Å². The number of methoxy groups -OCH3 is 1. The monoisotopic (exact) mass is 259 g/mol. The Morgan fingerprint density at radius 3 is 2.95 bits per heavy atom. The number of nitrogens with one attached hydrogen (secondary N) is 1. The molecule has 0 unspecified atom stereocenters. The highest BCUT2D eigenvalue weighted by atomic mass is 16.5. The highest BCUT2D eigenvalue weighted by molar-refractivity contribution is 5.90. The average molecular weight is 259 g/mol. The zero-order chi connectivity index (χ0) is 13.7. The van der Waals surface area contributed by atoms with Crippen LogP contribution in [0, 0.1) is 0 Å². The third kappa shape index (κ3) is 3.59. The summed E-state index contributed by atoms with van der Waals surface area (Å²) in [5, 5.41) is 2.82. The van der Waals surface area contributed by atoms with Gasteiger partial charge in [0.05, 0.1) is 7.11 Å². The van der Waals surface area contributed by atoms with Gasteiger partial charge in [-0.3, -0.25) is 4.79 Å². The SMILES string of the molecule is COc1cccc(NC(=O)Cn2ccc(CN)c2)c1. The van der Waals surface area contributed by atoms with E-state index in [1.165, 1.54) is 0 Å². The van der Waals surface area contributed by atoms with Gasteiger partial charge in [0.25, 0.3) is 0 Å². The molecule has 0 radical (unpaired) electrons. The molecule has 100 valence electrons. The molecular formula is C14H17N3O2. The van der Waals surface area contributed by atoms with Gasteiger partial charge in [-0.2, -0.15) is 0 Å². The van der Waals surface area contributed by atoms with Crippen LogP contribution in [0.25, 0.3) is 0 Å². The number of carbonyl (C=O) groups is 1. The van der Waals surface area contributed by atoms with Crippen LogP contribution >= 0.6 is 0 Å². The number of aromatic nitrogens is 1. The molecule has 2 rings (SSSR count). The maximum Gasteiger partial charge on any atom is 0.244 e. The van der Waals surface area contributed by atoms with Gasteiger partial charge in [-0.15, -0.1) is 0 Å². The number of carbonyl (C=O) groups excluding carboxylic acids is 1. The summed E-state index contributed by atoms with van der Waals surface area (Å²) in [5.74, 6) is 0.622. The van der Waals surface area contributed by atoms with Crippen molar-refractivity contribution in [1.82, 2.24) is 4.57 Å². The summed E-state index contributed by atoms with van der Waals surface area (Å²) >= 11 is 0. The predicted molar refractivity (Wildman–Crippen MR) is 73.9 cm³/mol. The van der Waals surface area contributed by atoms with Crippen LogP contribution in [0.4, 0.5) is 5.69 Å². The molecule has 5 nitrogen and oxygen atoms in total. The number of nitrogens with two attached hydrogens (primary N) is 1. The lowest BCUT2D eigenvalue weighted by atomic mass is 10.3. The summed E-state index contributed by atoms with van der Waals surface area (Å²) in [6.07, 6.45) is 3.71. The molecule has 1 aromatic carbocycles. The van der Waals surface area contributed by atoms with Gasteiger partial charge in [-0.05, 0) is 23.8 Å². The van der Waals surface area contributed by atoms with E-state index in [0.717, 1.165) is 11.3 Å². The van der Waals surface area contributed by atoms with E-state index in [4.69, 9.17) is 10.5 Å². The first-order valence-corrected chi connectivity index (χ1v) is 6.00. The minimum atomic E-state index is -0.0903. The van der Waals surface area contributed by atoms with Crippen LogP contribution in [-0.2, 0) is 17.9 Å². The van der Waals surface area contributed by atoms with Crippen molar-refractivity contribution in [2.45, 2.75) is 13.1 Å². The number of hydrogen-bond acceptors (Lipinski definition) is 3. The second kappa shape index (κ2) is 6.06. The van der Waals surface area contributed by atoms with Crippen molar-refractivity contribution in [2.75, 3.05) is 12.4 Å². The van der Waals surface area contributed by atoms with Crippen LogP contribution < -0.4 is 15.8 Å². The van der Waals surface area contributed by atoms with Crippen molar-refractivity contribution in [3.8, 4) is 5.75 Å². The molecule has 1 heterocycles. The molecule has 3 N–H and O–H groups in total. The largest absolute Gasteiger partial charge is 0.497 e. The molecule has 19 heavy (non-hydrogen) atoms. The lowest BCUT2D eigenvalue weighted by molar-refractivity contribution is -0.116. The van der Waals surface area contributed by atoms with Crippen molar-refractivity contribution in [1.29, 1.82) is 0 Å². The molecule has 0 bridgehead atoms. The fraction of sp³-hybridized carbons (Fsp3) is 0.214. The van der Waals surface area contributed by atoms with Crippen molar-refractivity contribution in [2.24, 2.45) is 5.73 Å².